The summed E-state index contributed by atoms with van der Waals surface area (Å²) in [6.07, 6.45) is -0.762. The SMILES string of the molecule is OC(CCF)c1ccc(F)cc1. The molecule has 0 saturated heterocycles. The highest BCUT2D eigenvalue weighted by atomic mass is 19.1. The molecule has 1 atom stereocenters. The van der Waals surface area contributed by atoms with Crippen LogP contribution in [-0.4, -0.2) is 11.8 Å². The van der Waals surface area contributed by atoms with Crippen molar-refractivity contribution in [3.63, 3.8) is 0 Å². The van der Waals surface area contributed by atoms with Gasteiger partial charge in [-0.1, -0.05) is 12.1 Å². The third-order valence-electron chi connectivity index (χ3n) is 1.64. The first-order valence-electron chi connectivity index (χ1n) is 3.73. The highest BCUT2D eigenvalue weighted by Gasteiger charge is 2.05. The van der Waals surface area contributed by atoms with E-state index in [1.165, 1.54) is 24.3 Å². The van der Waals surface area contributed by atoms with Crippen LogP contribution in [0, 0.1) is 5.82 Å². The van der Waals surface area contributed by atoms with Gasteiger partial charge in [-0.2, -0.15) is 0 Å². The molecule has 1 aromatic carbocycles. The Kier molecular flexibility index (Phi) is 3.17. The Labute approximate surface area is 69.7 Å². The van der Waals surface area contributed by atoms with Crippen LogP contribution < -0.4 is 0 Å². The molecule has 0 amide bonds. The van der Waals surface area contributed by atoms with Gasteiger partial charge in [-0.25, -0.2) is 4.39 Å². The van der Waals surface area contributed by atoms with Crippen LogP contribution in [0.3, 0.4) is 0 Å². The Balaban J connectivity index is 2.68. The molecule has 1 N–H and O–H groups in total. The fourth-order valence-electron chi connectivity index (χ4n) is 0.955. The zero-order valence-electron chi connectivity index (χ0n) is 6.50. The van der Waals surface area contributed by atoms with Crippen LogP contribution in [0.1, 0.15) is 18.1 Å². The molecule has 12 heavy (non-hydrogen) atoms. The summed E-state index contributed by atoms with van der Waals surface area (Å²) < 4.78 is 24.2. The lowest BCUT2D eigenvalue weighted by molar-refractivity contribution is 0.156. The van der Waals surface area contributed by atoms with Gasteiger partial charge in [0.1, 0.15) is 5.82 Å². The maximum atomic E-state index is 12.4. The summed E-state index contributed by atoms with van der Waals surface area (Å²) in [4.78, 5) is 0. The fourth-order valence-corrected chi connectivity index (χ4v) is 0.955. The van der Waals surface area contributed by atoms with E-state index in [9.17, 15) is 13.9 Å². The summed E-state index contributed by atoms with van der Waals surface area (Å²) in [6, 6.07) is 5.40. The third kappa shape index (κ3) is 2.27. The van der Waals surface area contributed by atoms with Crippen LogP contribution in [0.2, 0.25) is 0 Å². The van der Waals surface area contributed by atoms with Gasteiger partial charge in [-0.3, -0.25) is 4.39 Å². The molecule has 0 fully saturated rings. The van der Waals surface area contributed by atoms with E-state index < -0.39 is 12.8 Å². The first-order valence-corrected chi connectivity index (χ1v) is 3.73. The summed E-state index contributed by atoms with van der Waals surface area (Å²) in [5.41, 5.74) is 0.550. The molecular formula is C9H10F2O. The Morgan fingerprint density at radius 2 is 1.83 bits per heavy atom. The third-order valence-corrected chi connectivity index (χ3v) is 1.64. The average molecular weight is 172 g/mol. The molecule has 1 rings (SSSR count). The van der Waals surface area contributed by atoms with Gasteiger partial charge in [0.25, 0.3) is 0 Å². The van der Waals surface area contributed by atoms with Crippen LogP contribution >= 0.6 is 0 Å². The highest BCUT2D eigenvalue weighted by Crippen LogP contribution is 2.16. The van der Waals surface area contributed by atoms with E-state index in [-0.39, 0.29) is 12.2 Å². The summed E-state index contributed by atoms with van der Waals surface area (Å²) >= 11 is 0. The minimum Gasteiger partial charge on any atom is -0.388 e. The Morgan fingerprint density at radius 3 is 2.33 bits per heavy atom. The maximum absolute atomic E-state index is 12.4. The van der Waals surface area contributed by atoms with Crippen LogP contribution in [-0.2, 0) is 0 Å². The summed E-state index contributed by atoms with van der Waals surface area (Å²) in [7, 11) is 0. The van der Waals surface area contributed by atoms with Crippen LogP contribution in [0.25, 0.3) is 0 Å². The summed E-state index contributed by atoms with van der Waals surface area (Å²) in [5.74, 6) is -0.355. The van der Waals surface area contributed by atoms with Crippen LogP contribution in [0.5, 0.6) is 0 Å². The van der Waals surface area contributed by atoms with Gasteiger partial charge in [-0.05, 0) is 17.7 Å². The second kappa shape index (κ2) is 4.16. The van der Waals surface area contributed by atoms with E-state index in [0.29, 0.717) is 5.56 Å². The molecule has 0 aliphatic heterocycles. The van der Waals surface area contributed by atoms with Crippen molar-refractivity contribution in [3.05, 3.63) is 35.6 Å². The zero-order chi connectivity index (χ0) is 8.97. The zero-order valence-corrected chi connectivity index (χ0v) is 6.50. The lowest BCUT2D eigenvalue weighted by Gasteiger charge is -2.07. The molecule has 0 radical (unpaired) electrons. The Morgan fingerprint density at radius 1 is 1.25 bits per heavy atom. The normalized spacial score (nSPS) is 12.9. The largest absolute Gasteiger partial charge is 0.388 e. The number of rotatable bonds is 3. The van der Waals surface area contributed by atoms with Crippen molar-refractivity contribution in [1.82, 2.24) is 0 Å². The predicted octanol–water partition coefficient (Wildman–Crippen LogP) is 2.22. The molecule has 0 heterocycles. The molecule has 0 saturated carbocycles. The minimum atomic E-state index is -0.824. The van der Waals surface area contributed by atoms with E-state index in [1.54, 1.807) is 0 Å². The fraction of sp³-hybridized carbons (Fsp3) is 0.333. The van der Waals surface area contributed by atoms with Crippen molar-refractivity contribution >= 4 is 0 Å². The average Bonchev–Trinajstić information content (AvgIpc) is 2.06. The number of hydrogen-bond donors (Lipinski definition) is 1. The van der Waals surface area contributed by atoms with E-state index in [0.717, 1.165) is 0 Å². The second-order valence-corrected chi connectivity index (χ2v) is 2.55. The maximum Gasteiger partial charge on any atom is 0.123 e. The molecule has 1 unspecified atom stereocenters. The molecule has 0 aliphatic rings. The van der Waals surface area contributed by atoms with Crippen molar-refractivity contribution in [2.24, 2.45) is 0 Å². The lowest BCUT2D eigenvalue weighted by Crippen LogP contribution is -1.97. The molecule has 3 heteroatoms. The Hall–Kier alpha value is -0.960. The first kappa shape index (κ1) is 9.13. The van der Waals surface area contributed by atoms with E-state index in [1.807, 2.05) is 0 Å². The molecule has 66 valence electrons. The predicted molar refractivity (Wildman–Crippen MR) is 42.0 cm³/mol. The van der Waals surface area contributed by atoms with Gasteiger partial charge in [-0.15, -0.1) is 0 Å². The van der Waals surface area contributed by atoms with Crippen LogP contribution in [0.4, 0.5) is 8.78 Å². The van der Waals surface area contributed by atoms with Crippen molar-refractivity contribution in [2.75, 3.05) is 6.67 Å². The standard InChI is InChI=1S/C9H10F2O/c10-6-5-9(12)7-1-3-8(11)4-2-7/h1-4,9,12H,5-6H2. The van der Waals surface area contributed by atoms with Crippen molar-refractivity contribution in [1.29, 1.82) is 0 Å². The van der Waals surface area contributed by atoms with Gasteiger partial charge in [0.2, 0.25) is 0 Å². The van der Waals surface area contributed by atoms with Gasteiger partial charge in [0.05, 0.1) is 12.8 Å². The number of hydrogen-bond acceptors (Lipinski definition) is 1. The smallest absolute Gasteiger partial charge is 0.123 e. The summed E-state index contributed by atoms with van der Waals surface area (Å²) in [5, 5.41) is 9.25. The second-order valence-electron chi connectivity index (χ2n) is 2.55. The Bertz CT molecular complexity index is 233. The molecule has 0 spiro atoms. The molecule has 1 aromatic rings. The first-order chi connectivity index (χ1) is 5.74. The minimum absolute atomic E-state index is 0.0611. The van der Waals surface area contributed by atoms with Gasteiger partial charge < -0.3 is 5.11 Å². The summed E-state index contributed by atoms with van der Waals surface area (Å²) in [6.45, 7) is -0.571. The number of benzene rings is 1. The lowest BCUT2D eigenvalue weighted by atomic mass is 10.1. The molecular weight excluding hydrogens is 162 g/mol. The van der Waals surface area contributed by atoms with Crippen molar-refractivity contribution in [2.45, 2.75) is 12.5 Å². The number of alkyl halides is 1. The number of aliphatic hydroxyl groups excluding tert-OH is 1. The van der Waals surface area contributed by atoms with Crippen molar-refractivity contribution in [3.8, 4) is 0 Å². The monoisotopic (exact) mass is 172 g/mol. The van der Waals surface area contributed by atoms with E-state index in [2.05, 4.69) is 0 Å². The van der Waals surface area contributed by atoms with E-state index >= 15 is 0 Å². The molecule has 0 aliphatic carbocycles. The molecule has 0 bridgehead atoms. The number of aliphatic hydroxyl groups is 1. The van der Waals surface area contributed by atoms with Gasteiger partial charge >= 0.3 is 0 Å². The molecule has 1 nitrogen and oxygen atoms in total. The van der Waals surface area contributed by atoms with E-state index in [4.69, 9.17) is 0 Å². The highest BCUT2D eigenvalue weighted by molar-refractivity contribution is 5.18. The van der Waals surface area contributed by atoms with Gasteiger partial charge in [0, 0.05) is 6.42 Å². The van der Waals surface area contributed by atoms with Crippen LogP contribution in [0.15, 0.2) is 24.3 Å². The van der Waals surface area contributed by atoms with Gasteiger partial charge in [0.15, 0.2) is 0 Å². The molecule has 0 aromatic heterocycles. The topological polar surface area (TPSA) is 20.2 Å². The quantitative estimate of drug-likeness (QED) is 0.741. The number of halogens is 2. The van der Waals surface area contributed by atoms with Crippen molar-refractivity contribution < 1.29 is 13.9 Å².